The third-order valence-electron chi connectivity index (χ3n) is 7.11. The van der Waals surface area contributed by atoms with Gasteiger partial charge in [0.15, 0.2) is 15.5 Å². The zero-order valence-electron chi connectivity index (χ0n) is 20.4. The molecule has 10 heteroatoms. The Morgan fingerprint density at radius 3 is 2.46 bits per heavy atom. The number of aryl methyl sites for hydroxylation is 1. The van der Waals surface area contributed by atoms with Gasteiger partial charge in [-0.25, -0.2) is 18.1 Å². The maximum absolute atomic E-state index is 13.8. The summed E-state index contributed by atoms with van der Waals surface area (Å²) in [5, 5.41) is 5.41. The number of ether oxygens (including phenoxy) is 1. The fraction of sp³-hybridized carbons (Fsp3) is 0.480. The number of methoxy groups -OCH3 is 1. The van der Waals surface area contributed by atoms with Crippen LogP contribution in [-0.4, -0.2) is 90.2 Å². The van der Waals surface area contributed by atoms with Gasteiger partial charge in [0.2, 0.25) is 0 Å². The van der Waals surface area contributed by atoms with E-state index in [1.807, 2.05) is 42.2 Å². The zero-order chi connectivity index (χ0) is 24.7. The maximum Gasteiger partial charge on any atom is 0.254 e. The Morgan fingerprint density at radius 1 is 1.14 bits per heavy atom. The molecular weight excluding hydrogens is 466 g/mol. The third-order valence-corrected chi connectivity index (χ3v) is 8.86. The molecule has 4 heterocycles. The topological polar surface area (TPSA) is 97.6 Å². The van der Waals surface area contributed by atoms with Crippen molar-refractivity contribution in [2.24, 2.45) is 0 Å². The number of aromatic nitrogens is 3. The third kappa shape index (κ3) is 4.52. The van der Waals surface area contributed by atoms with Crippen LogP contribution in [0.1, 0.15) is 35.4 Å². The first kappa shape index (κ1) is 23.7. The number of likely N-dealkylation sites (N-methyl/N-ethyl adjacent to an activating group) is 1. The molecule has 0 N–H and O–H groups in total. The van der Waals surface area contributed by atoms with Crippen molar-refractivity contribution in [2.45, 2.75) is 26.3 Å². The van der Waals surface area contributed by atoms with Gasteiger partial charge in [-0.3, -0.25) is 4.79 Å². The summed E-state index contributed by atoms with van der Waals surface area (Å²) in [6.07, 6.45) is 0.495. The Bertz CT molecular complexity index is 1360. The van der Waals surface area contributed by atoms with Crippen LogP contribution in [0.4, 0.5) is 0 Å². The number of carbonyl (C=O) groups excluding carboxylic acids is 1. The average Bonchev–Trinajstić information content (AvgIpc) is 3.41. The normalized spacial score (nSPS) is 20.4. The lowest BCUT2D eigenvalue weighted by molar-refractivity contribution is 0.0645. The van der Waals surface area contributed by atoms with Crippen LogP contribution in [0.5, 0.6) is 5.75 Å². The van der Waals surface area contributed by atoms with Gasteiger partial charge in [-0.1, -0.05) is 6.92 Å². The lowest BCUT2D eigenvalue weighted by Crippen LogP contribution is -2.48. The summed E-state index contributed by atoms with van der Waals surface area (Å²) in [5.74, 6) is 0.880. The SMILES string of the molecule is CCN1CCN(C(=O)c2cc(-c3ccc(OC)cc3)nc3c2c(C)nn3C2CCS(=O)(=O)C2)CC1. The highest BCUT2D eigenvalue weighted by Gasteiger charge is 2.33. The lowest BCUT2D eigenvalue weighted by Gasteiger charge is -2.34. The van der Waals surface area contributed by atoms with Crippen molar-refractivity contribution in [1.82, 2.24) is 24.6 Å². The molecule has 0 saturated carbocycles. The molecule has 2 aromatic heterocycles. The van der Waals surface area contributed by atoms with Crippen LogP contribution in [0.2, 0.25) is 0 Å². The Balaban J connectivity index is 1.63. The first-order valence-corrected chi connectivity index (χ1v) is 13.9. The second-order valence-corrected chi connectivity index (χ2v) is 11.5. The minimum Gasteiger partial charge on any atom is -0.497 e. The van der Waals surface area contributed by atoms with Gasteiger partial charge in [0.05, 0.1) is 47.0 Å². The van der Waals surface area contributed by atoms with Gasteiger partial charge in [0.25, 0.3) is 5.91 Å². The molecule has 186 valence electrons. The van der Waals surface area contributed by atoms with Crippen molar-refractivity contribution in [3.63, 3.8) is 0 Å². The van der Waals surface area contributed by atoms with E-state index in [0.29, 0.717) is 47.5 Å². The fourth-order valence-corrected chi connectivity index (χ4v) is 6.74. The summed E-state index contributed by atoms with van der Waals surface area (Å²) in [6.45, 7) is 8.00. The number of carbonyl (C=O) groups is 1. The van der Waals surface area contributed by atoms with E-state index in [-0.39, 0.29) is 23.5 Å². The van der Waals surface area contributed by atoms with Gasteiger partial charge in [-0.15, -0.1) is 0 Å². The van der Waals surface area contributed by atoms with Crippen LogP contribution in [0, 0.1) is 6.92 Å². The maximum atomic E-state index is 13.8. The van der Waals surface area contributed by atoms with E-state index in [1.54, 1.807) is 11.8 Å². The zero-order valence-corrected chi connectivity index (χ0v) is 21.2. The van der Waals surface area contributed by atoms with Gasteiger partial charge >= 0.3 is 0 Å². The van der Waals surface area contributed by atoms with Crippen molar-refractivity contribution in [1.29, 1.82) is 0 Å². The predicted octanol–water partition coefficient (Wildman–Crippen LogP) is 2.55. The standard InChI is InChI=1S/C25H31N5O4S/c1-4-28-10-12-29(13-11-28)25(31)21-15-22(18-5-7-20(34-3)8-6-18)26-24-23(21)17(2)27-30(24)19-9-14-35(32,33)16-19/h5-8,15,19H,4,9-14,16H2,1-3H3. The van der Waals surface area contributed by atoms with Crippen LogP contribution in [0.15, 0.2) is 30.3 Å². The first-order valence-electron chi connectivity index (χ1n) is 12.1. The molecule has 0 aliphatic carbocycles. The number of piperazine rings is 1. The second kappa shape index (κ2) is 9.23. The summed E-state index contributed by atoms with van der Waals surface area (Å²) in [6, 6.07) is 9.11. The molecule has 35 heavy (non-hydrogen) atoms. The molecule has 2 aliphatic heterocycles. The van der Waals surface area contributed by atoms with Crippen molar-refractivity contribution in [3.05, 3.63) is 41.6 Å². The number of amides is 1. The minimum absolute atomic E-state index is 0.0374. The smallest absolute Gasteiger partial charge is 0.254 e. The van der Waals surface area contributed by atoms with Crippen LogP contribution in [0.3, 0.4) is 0 Å². The molecule has 1 atom stereocenters. The van der Waals surface area contributed by atoms with E-state index >= 15 is 0 Å². The predicted molar refractivity (Wildman–Crippen MR) is 135 cm³/mol. The number of sulfone groups is 1. The summed E-state index contributed by atoms with van der Waals surface area (Å²) < 4.78 is 31.4. The fourth-order valence-electron chi connectivity index (χ4n) is 5.05. The highest BCUT2D eigenvalue weighted by atomic mass is 32.2. The molecule has 1 unspecified atom stereocenters. The summed E-state index contributed by atoms with van der Waals surface area (Å²) in [7, 11) is -1.49. The van der Waals surface area contributed by atoms with Crippen LogP contribution >= 0.6 is 0 Å². The van der Waals surface area contributed by atoms with Gasteiger partial charge < -0.3 is 14.5 Å². The second-order valence-electron chi connectivity index (χ2n) is 9.30. The van der Waals surface area contributed by atoms with Crippen molar-refractivity contribution >= 4 is 26.8 Å². The number of hydrogen-bond acceptors (Lipinski definition) is 7. The minimum atomic E-state index is -3.11. The Hall–Kier alpha value is -2.98. The highest BCUT2D eigenvalue weighted by Crippen LogP contribution is 2.33. The molecule has 1 amide bonds. The van der Waals surface area contributed by atoms with E-state index in [2.05, 4.69) is 11.8 Å². The Kier molecular flexibility index (Phi) is 6.27. The van der Waals surface area contributed by atoms with E-state index in [1.165, 1.54) is 0 Å². The first-order chi connectivity index (χ1) is 16.8. The molecular formula is C25H31N5O4S. The molecule has 9 nitrogen and oxygen atoms in total. The molecule has 3 aromatic rings. The van der Waals surface area contributed by atoms with Crippen LogP contribution in [0.25, 0.3) is 22.3 Å². The van der Waals surface area contributed by atoms with E-state index in [4.69, 9.17) is 14.8 Å². The number of fused-ring (bicyclic) bond motifs is 1. The molecule has 0 spiro atoms. The van der Waals surface area contributed by atoms with Crippen molar-refractivity contribution < 1.29 is 17.9 Å². The van der Waals surface area contributed by atoms with E-state index < -0.39 is 9.84 Å². The molecule has 0 radical (unpaired) electrons. The molecule has 2 fully saturated rings. The number of rotatable bonds is 5. The van der Waals surface area contributed by atoms with Crippen molar-refractivity contribution in [3.8, 4) is 17.0 Å². The molecule has 5 rings (SSSR count). The molecule has 2 aliphatic rings. The highest BCUT2D eigenvalue weighted by molar-refractivity contribution is 7.91. The molecule has 0 bridgehead atoms. The summed E-state index contributed by atoms with van der Waals surface area (Å²) >= 11 is 0. The van der Waals surface area contributed by atoms with E-state index in [9.17, 15) is 13.2 Å². The van der Waals surface area contributed by atoms with Gasteiger partial charge in [-0.2, -0.15) is 5.10 Å². The summed E-state index contributed by atoms with van der Waals surface area (Å²) in [4.78, 5) is 22.9. The quantitative estimate of drug-likeness (QED) is 0.534. The molecule has 2 saturated heterocycles. The monoisotopic (exact) mass is 497 g/mol. The van der Waals surface area contributed by atoms with Crippen molar-refractivity contribution in [2.75, 3.05) is 51.3 Å². The largest absolute Gasteiger partial charge is 0.497 e. The van der Waals surface area contributed by atoms with Gasteiger partial charge in [-0.05, 0) is 50.2 Å². The average molecular weight is 498 g/mol. The van der Waals surface area contributed by atoms with Gasteiger partial charge in [0.1, 0.15) is 5.75 Å². The van der Waals surface area contributed by atoms with Crippen LogP contribution < -0.4 is 4.74 Å². The lowest BCUT2D eigenvalue weighted by atomic mass is 10.0. The Morgan fingerprint density at radius 2 is 1.86 bits per heavy atom. The summed E-state index contributed by atoms with van der Waals surface area (Å²) in [5.41, 5.74) is 3.32. The molecule has 1 aromatic carbocycles. The van der Waals surface area contributed by atoms with Crippen LogP contribution in [-0.2, 0) is 9.84 Å². The number of hydrogen-bond donors (Lipinski definition) is 0. The number of pyridine rings is 1. The van der Waals surface area contributed by atoms with E-state index in [0.717, 1.165) is 30.9 Å². The number of nitrogens with zero attached hydrogens (tertiary/aromatic N) is 5. The Labute approximate surface area is 205 Å². The van der Waals surface area contributed by atoms with Gasteiger partial charge in [0, 0.05) is 31.7 Å². The number of benzene rings is 1.